The molecule has 0 saturated heterocycles. The van der Waals surface area contributed by atoms with Crippen LogP contribution >= 0.6 is 0 Å². The Hall–Kier alpha value is -2.58. The molecule has 0 aliphatic carbocycles. The Morgan fingerprint density at radius 3 is 2.63 bits per heavy atom. The molecule has 2 aromatic carbocycles. The molecule has 0 spiro atoms. The average molecular weight is 252 g/mol. The van der Waals surface area contributed by atoms with Crippen LogP contribution in [0.4, 0.5) is 0 Å². The van der Waals surface area contributed by atoms with Crippen LogP contribution in [0.3, 0.4) is 0 Å². The third kappa shape index (κ3) is 3.21. The van der Waals surface area contributed by atoms with E-state index in [0.29, 0.717) is 0 Å². The quantitative estimate of drug-likeness (QED) is 0.354. The summed E-state index contributed by atoms with van der Waals surface area (Å²) in [6.45, 7) is 0. The van der Waals surface area contributed by atoms with E-state index < -0.39 is 5.78 Å². The van der Waals surface area contributed by atoms with E-state index in [-0.39, 0.29) is 18.6 Å². The molecule has 0 aliphatic rings. The Morgan fingerprint density at radius 1 is 1.11 bits per heavy atom. The number of nitrogens with zero attached hydrogens (tertiary/aromatic N) is 2. The smallest absolute Gasteiger partial charge is 0.323 e. The first-order valence-electron chi connectivity index (χ1n) is 5.89. The molecule has 0 N–H and O–H groups in total. The first-order valence-corrected chi connectivity index (χ1v) is 5.89. The number of hydrogen-bond donors (Lipinski definition) is 0. The summed E-state index contributed by atoms with van der Waals surface area (Å²) in [6, 6.07) is 13.5. The molecule has 94 valence electrons. The van der Waals surface area contributed by atoms with Gasteiger partial charge in [-0.3, -0.25) is 9.59 Å². The minimum Gasteiger partial charge on any atom is -0.361 e. The average Bonchev–Trinajstić information content (AvgIpc) is 2.39. The maximum atomic E-state index is 11.8. The molecular weight excluding hydrogens is 240 g/mol. The lowest BCUT2D eigenvalue weighted by Crippen LogP contribution is -2.11. The molecule has 0 fully saturated rings. The molecule has 0 saturated carbocycles. The van der Waals surface area contributed by atoms with Gasteiger partial charge in [0, 0.05) is 6.42 Å². The van der Waals surface area contributed by atoms with Gasteiger partial charge in [-0.25, -0.2) is 0 Å². The standard InChI is InChI=1S/C15H12N2O2/c16-17-10-14(19)9-13(18)8-12-6-3-5-11-4-1-2-7-15(11)12/h1-7,10H,8-9H2. The molecule has 0 unspecified atom stereocenters. The maximum absolute atomic E-state index is 11.8. The van der Waals surface area contributed by atoms with E-state index in [1.165, 1.54) is 0 Å². The summed E-state index contributed by atoms with van der Waals surface area (Å²) in [5.74, 6) is -0.686. The van der Waals surface area contributed by atoms with Gasteiger partial charge in [-0.15, -0.1) is 0 Å². The van der Waals surface area contributed by atoms with E-state index in [2.05, 4.69) is 4.79 Å². The Bertz CT molecular complexity index is 680. The summed E-state index contributed by atoms with van der Waals surface area (Å²) in [4.78, 5) is 25.6. The first kappa shape index (κ1) is 12.9. The van der Waals surface area contributed by atoms with Crippen molar-refractivity contribution in [2.24, 2.45) is 0 Å². The van der Waals surface area contributed by atoms with Crippen LogP contribution in [0.25, 0.3) is 16.3 Å². The minimum atomic E-state index is -0.493. The minimum absolute atomic E-state index is 0.193. The first-order chi connectivity index (χ1) is 9.20. The largest absolute Gasteiger partial charge is 0.361 e. The number of hydrogen-bond acceptors (Lipinski definition) is 2. The third-order valence-electron chi connectivity index (χ3n) is 2.84. The summed E-state index contributed by atoms with van der Waals surface area (Å²) in [5, 5.41) is 2.08. The fraction of sp³-hybridized carbons (Fsp3) is 0.133. The molecule has 4 heteroatoms. The lowest BCUT2D eigenvalue weighted by molar-refractivity contribution is -0.124. The van der Waals surface area contributed by atoms with Crippen molar-refractivity contribution in [1.82, 2.24) is 0 Å². The molecule has 2 aromatic rings. The Morgan fingerprint density at radius 2 is 1.84 bits per heavy atom. The summed E-state index contributed by atoms with van der Waals surface area (Å²) < 4.78 is 0. The molecule has 0 aromatic heterocycles. The zero-order chi connectivity index (χ0) is 13.7. The second-order valence-electron chi connectivity index (χ2n) is 4.24. The number of carbonyl (C=O) groups excluding carboxylic acids is 2. The number of benzene rings is 2. The van der Waals surface area contributed by atoms with Crippen molar-refractivity contribution in [3.8, 4) is 0 Å². The highest BCUT2D eigenvalue weighted by Gasteiger charge is 2.12. The SMILES string of the molecule is [N-]=[N+]=CC(=O)CC(=O)Cc1cccc2ccccc12. The van der Waals surface area contributed by atoms with Crippen LogP contribution in [0.1, 0.15) is 12.0 Å². The molecule has 19 heavy (non-hydrogen) atoms. The molecule has 4 nitrogen and oxygen atoms in total. The molecular formula is C15H12N2O2. The van der Waals surface area contributed by atoms with E-state index in [0.717, 1.165) is 22.6 Å². The molecule has 2 rings (SSSR count). The number of rotatable bonds is 5. The van der Waals surface area contributed by atoms with E-state index >= 15 is 0 Å². The molecule has 0 radical (unpaired) electrons. The molecule has 0 amide bonds. The molecule has 0 aliphatic heterocycles. The Balaban J connectivity index is 2.19. The summed E-state index contributed by atoms with van der Waals surface area (Å²) in [7, 11) is 0. The van der Waals surface area contributed by atoms with Crippen molar-refractivity contribution in [2.75, 3.05) is 0 Å². The molecule has 0 heterocycles. The van der Waals surface area contributed by atoms with Crippen LogP contribution in [0.2, 0.25) is 0 Å². The maximum Gasteiger partial charge on any atom is 0.323 e. The van der Waals surface area contributed by atoms with Crippen LogP contribution in [-0.2, 0) is 16.0 Å². The van der Waals surface area contributed by atoms with Crippen molar-refractivity contribution in [1.29, 1.82) is 0 Å². The van der Waals surface area contributed by atoms with Crippen LogP contribution in [-0.4, -0.2) is 22.6 Å². The number of ketones is 2. The van der Waals surface area contributed by atoms with Crippen LogP contribution < -0.4 is 0 Å². The second-order valence-corrected chi connectivity index (χ2v) is 4.24. The fourth-order valence-electron chi connectivity index (χ4n) is 2.03. The number of fused-ring (bicyclic) bond motifs is 1. The van der Waals surface area contributed by atoms with E-state index in [9.17, 15) is 9.59 Å². The Kier molecular flexibility index (Phi) is 3.96. The molecule has 0 bridgehead atoms. The van der Waals surface area contributed by atoms with Gasteiger partial charge in [-0.2, -0.15) is 4.79 Å². The van der Waals surface area contributed by atoms with E-state index in [4.69, 9.17) is 5.53 Å². The van der Waals surface area contributed by atoms with Crippen LogP contribution in [0.5, 0.6) is 0 Å². The van der Waals surface area contributed by atoms with E-state index in [1.807, 2.05) is 42.5 Å². The van der Waals surface area contributed by atoms with E-state index in [1.54, 1.807) is 0 Å². The van der Waals surface area contributed by atoms with Crippen molar-refractivity contribution in [3.63, 3.8) is 0 Å². The highest BCUT2D eigenvalue weighted by molar-refractivity contribution is 6.30. The van der Waals surface area contributed by atoms with Gasteiger partial charge in [0.1, 0.15) is 5.78 Å². The predicted octanol–water partition coefficient (Wildman–Crippen LogP) is 2.21. The highest BCUT2D eigenvalue weighted by atomic mass is 16.1. The third-order valence-corrected chi connectivity index (χ3v) is 2.84. The van der Waals surface area contributed by atoms with Crippen molar-refractivity contribution >= 4 is 28.6 Å². The lowest BCUT2D eigenvalue weighted by Gasteiger charge is -2.04. The topological polar surface area (TPSA) is 70.5 Å². The zero-order valence-electron chi connectivity index (χ0n) is 10.2. The van der Waals surface area contributed by atoms with Gasteiger partial charge < -0.3 is 5.53 Å². The van der Waals surface area contributed by atoms with Crippen molar-refractivity contribution in [2.45, 2.75) is 12.8 Å². The summed E-state index contributed by atoms with van der Waals surface area (Å²) in [5.41, 5.74) is 9.12. The number of carbonyl (C=O) groups is 2. The van der Waals surface area contributed by atoms with Gasteiger partial charge >= 0.3 is 6.21 Å². The van der Waals surface area contributed by atoms with Gasteiger partial charge in [0.2, 0.25) is 5.78 Å². The predicted molar refractivity (Wildman–Crippen MR) is 72.0 cm³/mol. The summed E-state index contributed by atoms with van der Waals surface area (Å²) in [6.07, 6.45) is 0.709. The highest BCUT2D eigenvalue weighted by Crippen LogP contribution is 2.19. The van der Waals surface area contributed by atoms with Gasteiger partial charge in [0.15, 0.2) is 0 Å². The Labute approximate surface area is 110 Å². The zero-order valence-corrected chi connectivity index (χ0v) is 10.2. The summed E-state index contributed by atoms with van der Waals surface area (Å²) >= 11 is 0. The van der Waals surface area contributed by atoms with Crippen molar-refractivity contribution in [3.05, 3.63) is 53.6 Å². The van der Waals surface area contributed by atoms with Gasteiger partial charge in [-0.05, 0) is 16.3 Å². The second kappa shape index (κ2) is 5.85. The van der Waals surface area contributed by atoms with Crippen LogP contribution in [0.15, 0.2) is 42.5 Å². The number of Topliss-reactive ketones (excluding diaryl/α,β-unsaturated/α-hetero) is 2. The van der Waals surface area contributed by atoms with Crippen molar-refractivity contribution < 1.29 is 14.4 Å². The normalized spacial score (nSPS) is 9.89. The molecule has 0 atom stereocenters. The van der Waals surface area contributed by atoms with Crippen LogP contribution in [0, 0.1) is 0 Å². The fourth-order valence-corrected chi connectivity index (χ4v) is 2.03. The monoisotopic (exact) mass is 252 g/mol. The van der Waals surface area contributed by atoms with Gasteiger partial charge in [0.25, 0.3) is 0 Å². The van der Waals surface area contributed by atoms with Gasteiger partial charge in [-0.1, -0.05) is 42.5 Å². The van der Waals surface area contributed by atoms with Gasteiger partial charge in [0.05, 0.1) is 6.42 Å². The lowest BCUT2D eigenvalue weighted by atomic mass is 9.99.